The summed E-state index contributed by atoms with van der Waals surface area (Å²) in [5, 5.41) is 4.22. The molecule has 0 radical (unpaired) electrons. The number of nitrogens with zero attached hydrogens (tertiary/aromatic N) is 3. The molecule has 0 fully saturated rings. The number of anilines is 2. The Hall–Kier alpha value is -1.40. The van der Waals surface area contributed by atoms with Crippen LogP contribution in [0.15, 0.2) is 6.20 Å². The Morgan fingerprint density at radius 2 is 2.26 bits per heavy atom. The molecule has 0 saturated heterocycles. The number of aryl methyl sites for hydroxylation is 1. The van der Waals surface area contributed by atoms with Crippen molar-refractivity contribution in [3.63, 3.8) is 0 Å². The van der Waals surface area contributed by atoms with Gasteiger partial charge in [-0.25, -0.2) is 9.97 Å². The lowest BCUT2D eigenvalue weighted by Gasteiger charge is -2.25. The summed E-state index contributed by atoms with van der Waals surface area (Å²) in [7, 11) is 5.69. The number of rotatable bonds is 5. The lowest BCUT2D eigenvalue weighted by molar-refractivity contribution is 0.124. The molecule has 2 rings (SSSR count). The predicted molar refractivity (Wildman–Crippen MR) is 81.4 cm³/mol. The molecule has 0 aliphatic rings. The van der Waals surface area contributed by atoms with E-state index in [1.54, 1.807) is 18.4 Å². The second-order valence-corrected chi connectivity index (χ2v) is 5.77. The molecule has 104 valence electrons. The molecule has 0 amide bonds. The molecule has 0 aliphatic heterocycles. The number of methoxy groups -OCH3 is 1. The zero-order valence-electron chi connectivity index (χ0n) is 12.0. The van der Waals surface area contributed by atoms with Gasteiger partial charge in [0.2, 0.25) is 0 Å². The van der Waals surface area contributed by atoms with Crippen LogP contribution in [-0.2, 0) is 4.74 Å². The molecule has 0 saturated carbocycles. The average molecular weight is 280 g/mol. The summed E-state index contributed by atoms with van der Waals surface area (Å²) >= 11 is 1.62. The van der Waals surface area contributed by atoms with Gasteiger partial charge >= 0.3 is 0 Å². The number of hydrogen-bond donors (Lipinski definition) is 1. The minimum absolute atomic E-state index is 0.164. The monoisotopic (exact) mass is 280 g/mol. The minimum atomic E-state index is 0.164. The van der Waals surface area contributed by atoms with Crippen LogP contribution in [0, 0.1) is 6.92 Å². The van der Waals surface area contributed by atoms with Gasteiger partial charge in [-0.2, -0.15) is 0 Å². The number of fused-ring (bicyclic) bond motifs is 1. The highest BCUT2D eigenvalue weighted by Crippen LogP contribution is 2.34. The topological polar surface area (TPSA) is 50.3 Å². The second-order valence-electron chi connectivity index (χ2n) is 4.58. The Kier molecular flexibility index (Phi) is 4.21. The molecule has 2 aromatic heterocycles. The van der Waals surface area contributed by atoms with Crippen molar-refractivity contribution in [2.45, 2.75) is 20.0 Å². The van der Waals surface area contributed by atoms with Crippen molar-refractivity contribution in [1.29, 1.82) is 0 Å². The van der Waals surface area contributed by atoms with Gasteiger partial charge in [-0.05, 0) is 13.8 Å². The summed E-state index contributed by atoms with van der Waals surface area (Å²) in [6.07, 6.45) is 2.03. The molecule has 6 heteroatoms. The zero-order chi connectivity index (χ0) is 14.0. The molecule has 2 heterocycles. The molecule has 0 spiro atoms. The maximum absolute atomic E-state index is 5.34. The molecule has 0 aliphatic carbocycles. The first-order valence-corrected chi connectivity index (χ1v) is 7.06. The van der Waals surface area contributed by atoms with E-state index < -0.39 is 0 Å². The van der Waals surface area contributed by atoms with Crippen LogP contribution in [-0.4, -0.2) is 43.8 Å². The van der Waals surface area contributed by atoms with Gasteiger partial charge in [0.15, 0.2) is 0 Å². The van der Waals surface area contributed by atoms with Gasteiger partial charge in [0.05, 0.1) is 28.7 Å². The third-order valence-corrected chi connectivity index (χ3v) is 3.97. The first kappa shape index (κ1) is 14.0. The van der Waals surface area contributed by atoms with Crippen molar-refractivity contribution in [2.75, 3.05) is 38.0 Å². The normalized spacial score (nSPS) is 12.7. The Morgan fingerprint density at radius 3 is 2.89 bits per heavy atom. The number of hydrogen-bond acceptors (Lipinski definition) is 6. The highest BCUT2D eigenvalue weighted by molar-refractivity contribution is 7.18. The summed E-state index contributed by atoms with van der Waals surface area (Å²) in [6, 6.07) is 0. The van der Waals surface area contributed by atoms with Crippen LogP contribution < -0.4 is 10.2 Å². The number of aromatic nitrogens is 2. The van der Waals surface area contributed by atoms with E-state index in [0.29, 0.717) is 0 Å². The molecule has 0 aromatic carbocycles. The van der Waals surface area contributed by atoms with E-state index in [1.165, 1.54) is 0 Å². The fraction of sp³-hybridized carbons (Fsp3) is 0.538. The summed E-state index contributed by atoms with van der Waals surface area (Å²) in [6.45, 7) is 4.87. The SMILES string of the molecule is CNc1cnc2sc(C)nc2c1N(C)CC(C)OC. The first-order chi connectivity index (χ1) is 9.06. The summed E-state index contributed by atoms with van der Waals surface area (Å²) in [4.78, 5) is 12.2. The Labute approximate surface area is 117 Å². The second kappa shape index (κ2) is 5.71. The van der Waals surface area contributed by atoms with Crippen LogP contribution in [0.3, 0.4) is 0 Å². The molecule has 2 aromatic rings. The Balaban J connectivity index is 2.48. The first-order valence-electron chi connectivity index (χ1n) is 6.24. The van der Waals surface area contributed by atoms with Crippen molar-refractivity contribution >= 4 is 33.1 Å². The van der Waals surface area contributed by atoms with Crippen LogP contribution >= 0.6 is 11.3 Å². The zero-order valence-corrected chi connectivity index (χ0v) is 12.8. The van der Waals surface area contributed by atoms with E-state index in [-0.39, 0.29) is 6.10 Å². The minimum Gasteiger partial charge on any atom is -0.385 e. The number of nitrogens with one attached hydrogen (secondary N) is 1. The smallest absolute Gasteiger partial charge is 0.145 e. The lowest BCUT2D eigenvalue weighted by Crippen LogP contribution is -2.29. The summed E-state index contributed by atoms with van der Waals surface area (Å²) < 4.78 is 5.34. The molecule has 19 heavy (non-hydrogen) atoms. The van der Waals surface area contributed by atoms with Crippen molar-refractivity contribution in [3.05, 3.63) is 11.2 Å². The Bertz CT molecular complexity index is 569. The van der Waals surface area contributed by atoms with Crippen LogP contribution in [0.4, 0.5) is 11.4 Å². The maximum Gasteiger partial charge on any atom is 0.145 e. The van der Waals surface area contributed by atoms with Crippen LogP contribution in [0.1, 0.15) is 11.9 Å². The fourth-order valence-corrected chi connectivity index (χ4v) is 2.85. The number of likely N-dealkylation sites (N-methyl/N-ethyl adjacent to an activating group) is 1. The molecule has 1 atom stereocenters. The number of pyridine rings is 1. The van der Waals surface area contributed by atoms with Crippen molar-refractivity contribution in [3.8, 4) is 0 Å². The standard InChI is InChI=1S/C13H20N4OS/c1-8(18-5)7-17(4)12-10(14-3)6-15-13-11(12)16-9(2)19-13/h6,8,14H,7H2,1-5H3. The molecule has 1 N–H and O–H groups in total. The lowest BCUT2D eigenvalue weighted by atomic mass is 10.2. The van der Waals surface area contributed by atoms with Gasteiger partial charge < -0.3 is 15.0 Å². The molecular weight excluding hydrogens is 260 g/mol. The van der Waals surface area contributed by atoms with E-state index in [4.69, 9.17) is 4.74 Å². The van der Waals surface area contributed by atoms with E-state index in [0.717, 1.165) is 33.3 Å². The number of ether oxygens (including phenoxy) is 1. The van der Waals surface area contributed by atoms with Crippen LogP contribution in [0.5, 0.6) is 0 Å². The van der Waals surface area contributed by atoms with Crippen molar-refractivity contribution in [2.24, 2.45) is 0 Å². The predicted octanol–water partition coefficient (Wildman–Crippen LogP) is 2.51. The van der Waals surface area contributed by atoms with Crippen LogP contribution in [0.25, 0.3) is 10.3 Å². The van der Waals surface area contributed by atoms with E-state index in [1.807, 2.05) is 20.2 Å². The highest BCUT2D eigenvalue weighted by atomic mass is 32.1. The third kappa shape index (κ3) is 2.79. The molecule has 0 bridgehead atoms. The van der Waals surface area contributed by atoms with Gasteiger partial charge in [-0.1, -0.05) is 11.3 Å². The largest absolute Gasteiger partial charge is 0.385 e. The van der Waals surface area contributed by atoms with Gasteiger partial charge in [0, 0.05) is 27.7 Å². The molecular formula is C13H20N4OS. The van der Waals surface area contributed by atoms with E-state index >= 15 is 0 Å². The summed E-state index contributed by atoms with van der Waals surface area (Å²) in [5.74, 6) is 0. The fourth-order valence-electron chi connectivity index (χ4n) is 2.09. The Morgan fingerprint density at radius 1 is 1.53 bits per heavy atom. The third-order valence-electron chi connectivity index (χ3n) is 3.09. The quantitative estimate of drug-likeness (QED) is 0.912. The number of thiazole rings is 1. The van der Waals surface area contributed by atoms with Gasteiger partial charge in [0.1, 0.15) is 10.3 Å². The van der Waals surface area contributed by atoms with Crippen LogP contribution in [0.2, 0.25) is 0 Å². The van der Waals surface area contributed by atoms with Gasteiger partial charge in [-0.3, -0.25) is 0 Å². The maximum atomic E-state index is 5.34. The van der Waals surface area contributed by atoms with Gasteiger partial charge in [-0.15, -0.1) is 0 Å². The van der Waals surface area contributed by atoms with E-state index in [9.17, 15) is 0 Å². The van der Waals surface area contributed by atoms with Gasteiger partial charge in [0.25, 0.3) is 0 Å². The summed E-state index contributed by atoms with van der Waals surface area (Å²) in [5.41, 5.74) is 3.03. The van der Waals surface area contributed by atoms with E-state index in [2.05, 4.69) is 34.2 Å². The van der Waals surface area contributed by atoms with Crippen molar-refractivity contribution < 1.29 is 4.74 Å². The molecule has 5 nitrogen and oxygen atoms in total. The molecule has 1 unspecified atom stereocenters. The van der Waals surface area contributed by atoms with Crippen molar-refractivity contribution in [1.82, 2.24) is 9.97 Å². The highest BCUT2D eigenvalue weighted by Gasteiger charge is 2.17. The average Bonchev–Trinajstić information content (AvgIpc) is 2.76.